The van der Waals surface area contributed by atoms with E-state index in [0.29, 0.717) is 17.5 Å². The van der Waals surface area contributed by atoms with E-state index in [4.69, 9.17) is 0 Å². The third-order valence-corrected chi connectivity index (χ3v) is 2.84. The first kappa shape index (κ1) is 15.3. The summed E-state index contributed by atoms with van der Waals surface area (Å²) < 4.78 is 37.5. The second-order valence-corrected chi connectivity index (χ2v) is 4.59. The number of alkyl halides is 4. The van der Waals surface area contributed by atoms with Crippen LogP contribution in [0.1, 0.15) is 23.7 Å². The molecule has 18 heavy (non-hydrogen) atoms. The van der Waals surface area contributed by atoms with Crippen LogP contribution in [0.5, 0.6) is 5.75 Å². The van der Waals surface area contributed by atoms with Crippen molar-refractivity contribution in [3.63, 3.8) is 0 Å². The lowest BCUT2D eigenvalue weighted by atomic mass is 10.00. The molecule has 0 spiro atoms. The quantitative estimate of drug-likeness (QED) is 0.744. The maximum atomic E-state index is 12.5. The zero-order chi connectivity index (χ0) is 13.9. The normalized spacial score (nSPS) is 15.4. The molecule has 102 valence electrons. The Hall–Kier alpha value is -0.790. The molecular formula is C11H12BrF3O3. The van der Waals surface area contributed by atoms with E-state index in [1.54, 1.807) is 0 Å². The van der Waals surface area contributed by atoms with Crippen molar-refractivity contribution >= 4 is 15.9 Å². The van der Waals surface area contributed by atoms with E-state index in [1.165, 1.54) is 0 Å². The lowest BCUT2D eigenvalue weighted by molar-refractivity contribution is -0.137. The van der Waals surface area contributed by atoms with Crippen LogP contribution < -0.4 is 0 Å². The first-order valence-electron chi connectivity index (χ1n) is 5.09. The van der Waals surface area contributed by atoms with E-state index in [0.717, 1.165) is 6.07 Å². The molecule has 1 rings (SSSR count). The molecule has 0 aliphatic heterocycles. The van der Waals surface area contributed by atoms with Crippen LogP contribution in [0.3, 0.4) is 0 Å². The van der Waals surface area contributed by atoms with Gasteiger partial charge in [-0.1, -0.05) is 15.9 Å². The zero-order valence-electron chi connectivity index (χ0n) is 9.15. The van der Waals surface area contributed by atoms with Gasteiger partial charge in [0.1, 0.15) is 11.9 Å². The number of aliphatic hydroxyl groups is 2. The minimum Gasteiger partial charge on any atom is -0.508 e. The first-order valence-corrected chi connectivity index (χ1v) is 6.21. The number of phenols is 1. The summed E-state index contributed by atoms with van der Waals surface area (Å²) in [7, 11) is 0. The molecule has 2 unspecified atom stereocenters. The van der Waals surface area contributed by atoms with Crippen LogP contribution in [-0.2, 0) is 6.18 Å². The van der Waals surface area contributed by atoms with Gasteiger partial charge in [-0.25, -0.2) is 0 Å². The molecule has 0 amide bonds. The van der Waals surface area contributed by atoms with Crippen molar-refractivity contribution < 1.29 is 28.5 Å². The molecule has 0 saturated carbocycles. The van der Waals surface area contributed by atoms with Crippen LogP contribution in [0.2, 0.25) is 0 Å². The molecule has 0 aromatic heterocycles. The van der Waals surface area contributed by atoms with Crippen LogP contribution in [0.15, 0.2) is 18.2 Å². The molecule has 0 saturated heterocycles. The fraction of sp³-hybridized carbons (Fsp3) is 0.455. The Morgan fingerprint density at radius 3 is 2.28 bits per heavy atom. The zero-order valence-corrected chi connectivity index (χ0v) is 10.7. The van der Waals surface area contributed by atoms with Crippen molar-refractivity contribution in [2.45, 2.75) is 24.8 Å². The van der Waals surface area contributed by atoms with Crippen molar-refractivity contribution in [3.05, 3.63) is 29.3 Å². The topological polar surface area (TPSA) is 60.7 Å². The molecule has 0 fully saturated rings. The Bertz CT molecular complexity index is 409. The molecule has 1 aromatic rings. The van der Waals surface area contributed by atoms with Crippen molar-refractivity contribution in [3.8, 4) is 5.75 Å². The highest BCUT2D eigenvalue weighted by molar-refractivity contribution is 9.09. The average molecular weight is 329 g/mol. The smallest absolute Gasteiger partial charge is 0.416 e. The summed E-state index contributed by atoms with van der Waals surface area (Å²) in [4.78, 5) is 0. The van der Waals surface area contributed by atoms with E-state index >= 15 is 0 Å². The minimum absolute atomic E-state index is 0.171. The predicted molar refractivity (Wildman–Crippen MR) is 62.5 cm³/mol. The van der Waals surface area contributed by atoms with Gasteiger partial charge in [-0.3, -0.25) is 0 Å². The van der Waals surface area contributed by atoms with Crippen LogP contribution in [0.25, 0.3) is 0 Å². The summed E-state index contributed by atoms with van der Waals surface area (Å²) in [6.45, 7) is 0. The lowest BCUT2D eigenvalue weighted by Crippen LogP contribution is -2.19. The third-order valence-electron chi connectivity index (χ3n) is 2.38. The maximum absolute atomic E-state index is 12.5. The predicted octanol–water partition coefficient (Wildman–Crippen LogP) is 2.59. The number of rotatable bonds is 4. The summed E-state index contributed by atoms with van der Waals surface area (Å²) >= 11 is 3.05. The van der Waals surface area contributed by atoms with Crippen molar-refractivity contribution in [1.82, 2.24) is 0 Å². The van der Waals surface area contributed by atoms with E-state index in [9.17, 15) is 28.5 Å². The molecule has 7 heteroatoms. The minimum atomic E-state index is -4.62. The van der Waals surface area contributed by atoms with E-state index in [-0.39, 0.29) is 12.0 Å². The number of halogens is 4. The van der Waals surface area contributed by atoms with Gasteiger partial charge in [0, 0.05) is 5.33 Å². The molecule has 0 aliphatic rings. The fourth-order valence-electron chi connectivity index (χ4n) is 1.46. The van der Waals surface area contributed by atoms with Gasteiger partial charge in [0.2, 0.25) is 0 Å². The van der Waals surface area contributed by atoms with Gasteiger partial charge in [-0.15, -0.1) is 0 Å². The van der Waals surface area contributed by atoms with Crippen molar-refractivity contribution in [2.75, 3.05) is 5.33 Å². The van der Waals surface area contributed by atoms with Crippen LogP contribution in [0.4, 0.5) is 13.2 Å². The molecule has 1 aromatic carbocycles. The number of hydrogen-bond donors (Lipinski definition) is 3. The van der Waals surface area contributed by atoms with E-state index in [2.05, 4.69) is 15.9 Å². The summed E-state index contributed by atoms with van der Waals surface area (Å²) in [5.74, 6) is -0.607. The Balaban J connectivity index is 3.06. The number of aromatic hydroxyl groups is 1. The van der Waals surface area contributed by atoms with Crippen molar-refractivity contribution in [1.29, 1.82) is 0 Å². The summed E-state index contributed by atoms with van der Waals surface area (Å²) in [6, 6.07) is 2.27. The van der Waals surface area contributed by atoms with Gasteiger partial charge in [0.15, 0.2) is 0 Å². The highest BCUT2D eigenvalue weighted by atomic mass is 79.9. The van der Waals surface area contributed by atoms with E-state index in [1.807, 2.05) is 0 Å². The second kappa shape index (κ2) is 5.90. The molecule has 0 bridgehead atoms. The monoisotopic (exact) mass is 328 g/mol. The van der Waals surface area contributed by atoms with Crippen LogP contribution in [0, 0.1) is 0 Å². The van der Waals surface area contributed by atoms with Crippen LogP contribution >= 0.6 is 15.9 Å². The first-order chi connectivity index (χ1) is 8.25. The molecule has 3 nitrogen and oxygen atoms in total. The summed E-state index contributed by atoms with van der Waals surface area (Å²) in [6.07, 6.45) is -7.12. The molecular weight excluding hydrogens is 317 g/mol. The fourth-order valence-corrected chi connectivity index (χ4v) is 1.93. The molecule has 3 N–H and O–H groups in total. The Morgan fingerprint density at radius 2 is 1.78 bits per heavy atom. The largest absolute Gasteiger partial charge is 0.508 e. The maximum Gasteiger partial charge on any atom is 0.416 e. The van der Waals surface area contributed by atoms with Gasteiger partial charge in [-0.2, -0.15) is 13.2 Å². The Kier molecular flexibility index (Phi) is 5.01. The van der Waals surface area contributed by atoms with Gasteiger partial charge in [0.05, 0.1) is 11.7 Å². The molecule has 2 atom stereocenters. The number of phenolic OH excluding ortho intramolecular Hbond substituents is 1. The van der Waals surface area contributed by atoms with Gasteiger partial charge >= 0.3 is 6.18 Å². The highest BCUT2D eigenvalue weighted by Crippen LogP contribution is 2.34. The van der Waals surface area contributed by atoms with Crippen LogP contribution in [-0.4, -0.2) is 26.8 Å². The molecule has 0 radical (unpaired) electrons. The summed E-state index contributed by atoms with van der Waals surface area (Å²) in [5, 5.41) is 28.8. The van der Waals surface area contributed by atoms with Gasteiger partial charge < -0.3 is 15.3 Å². The van der Waals surface area contributed by atoms with Gasteiger partial charge in [0.25, 0.3) is 0 Å². The Morgan fingerprint density at radius 1 is 1.17 bits per heavy atom. The standard InChI is InChI=1S/C11H12BrF3O3/c12-2-1-9(17)10(18)6-3-7(11(13,14)15)5-8(16)4-6/h3-5,9-10,16-18H,1-2H2. The van der Waals surface area contributed by atoms with Gasteiger partial charge in [-0.05, 0) is 30.2 Å². The molecule has 0 aliphatic carbocycles. The van der Waals surface area contributed by atoms with E-state index < -0.39 is 29.7 Å². The second-order valence-electron chi connectivity index (χ2n) is 3.80. The Labute approximate surface area is 110 Å². The average Bonchev–Trinajstić information content (AvgIpc) is 2.26. The molecule has 0 heterocycles. The number of hydrogen-bond acceptors (Lipinski definition) is 3. The SMILES string of the molecule is Oc1cc(C(O)C(O)CCBr)cc(C(F)(F)F)c1. The summed E-state index contributed by atoms with van der Waals surface area (Å²) in [5.41, 5.74) is -1.24. The number of aliphatic hydroxyl groups excluding tert-OH is 2. The van der Waals surface area contributed by atoms with Crippen molar-refractivity contribution in [2.24, 2.45) is 0 Å². The highest BCUT2D eigenvalue weighted by Gasteiger charge is 2.32. The lowest BCUT2D eigenvalue weighted by Gasteiger charge is -2.19. The number of benzene rings is 1. The third kappa shape index (κ3) is 3.86.